The first-order valence-corrected chi connectivity index (χ1v) is 5.65. The van der Waals surface area contributed by atoms with Gasteiger partial charge in [-0.05, 0) is 12.1 Å². The fourth-order valence-electron chi connectivity index (χ4n) is 1.75. The summed E-state index contributed by atoms with van der Waals surface area (Å²) in [5, 5.41) is 11.6. The number of halogens is 6. The molecule has 1 aromatic rings. The Morgan fingerprint density at radius 2 is 1.91 bits per heavy atom. The van der Waals surface area contributed by atoms with Crippen LogP contribution in [0.15, 0.2) is 29.6 Å². The number of carbonyl (C=O) groups is 1. The molecule has 1 aromatic heterocycles. The average molecular weight is 327 g/mol. The quantitative estimate of drug-likeness (QED) is 0.804. The molecule has 1 atom stereocenters. The summed E-state index contributed by atoms with van der Waals surface area (Å²) in [5.74, 6) is -1.55. The normalized spacial score (nSPS) is 22.7. The number of rotatable bonds is 1. The highest BCUT2D eigenvalue weighted by molar-refractivity contribution is 5.99. The van der Waals surface area contributed by atoms with Crippen LogP contribution in [0.4, 0.5) is 26.3 Å². The minimum Gasteiger partial charge on any atom is -0.362 e. The molecular formula is C11H7F6N3O2. The summed E-state index contributed by atoms with van der Waals surface area (Å²) in [7, 11) is 0. The van der Waals surface area contributed by atoms with Gasteiger partial charge in [-0.2, -0.15) is 36.5 Å². The lowest BCUT2D eigenvalue weighted by Crippen LogP contribution is -2.56. The van der Waals surface area contributed by atoms with Crippen LogP contribution in [0.1, 0.15) is 16.8 Å². The molecular weight excluding hydrogens is 320 g/mol. The smallest absolute Gasteiger partial charge is 0.362 e. The Morgan fingerprint density at radius 3 is 2.36 bits per heavy atom. The van der Waals surface area contributed by atoms with Crippen LogP contribution in [0, 0.1) is 0 Å². The zero-order valence-corrected chi connectivity index (χ0v) is 10.5. The Hall–Kier alpha value is -2.17. The Labute approximate surface area is 118 Å². The van der Waals surface area contributed by atoms with Crippen molar-refractivity contribution in [2.24, 2.45) is 5.10 Å². The standard InChI is InChI=1S/C11H7F6N3O2/c12-10(13,14)7-4-9(22,11(15,16)17)20(19-7)8(21)6-2-1-3-18-5-6/h1-3,5,22H,4H2. The van der Waals surface area contributed by atoms with E-state index in [9.17, 15) is 36.2 Å². The molecule has 1 unspecified atom stereocenters. The van der Waals surface area contributed by atoms with Gasteiger partial charge in [0, 0.05) is 12.4 Å². The Kier molecular flexibility index (Phi) is 3.63. The van der Waals surface area contributed by atoms with Crippen LogP contribution >= 0.6 is 0 Å². The Morgan fingerprint density at radius 1 is 1.27 bits per heavy atom. The summed E-state index contributed by atoms with van der Waals surface area (Å²) < 4.78 is 76.5. The van der Waals surface area contributed by atoms with Gasteiger partial charge in [0.2, 0.25) is 0 Å². The second-order valence-electron chi connectivity index (χ2n) is 4.39. The molecule has 0 radical (unpaired) electrons. The van der Waals surface area contributed by atoms with E-state index in [0.29, 0.717) is 0 Å². The lowest BCUT2D eigenvalue weighted by molar-refractivity contribution is -0.297. The summed E-state index contributed by atoms with van der Waals surface area (Å²) in [6.45, 7) is 0. The number of carbonyl (C=O) groups excluding carboxylic acids is 1. The molecule has 0 fully saturated rings. The van der Waals surface area contributed by atoms with Crippen molar-refractivity contribution in [3.8, 4) is 0 Å². The van der Waals surface area contributed by atoms with E-state index < -0.39 is 46.7 Å². The van der Waals surface area contributed by atoms with Gasteiger partial charge in [-0.3, -0.25) is 9.78 Å². The van der Waals surface area contributed by atoms with Crippen molar-refractivity contribution in [3.63, 3.8) is 0 Å². The molecule has 0 saturated heterocycles. The van der Waals surface area contributed by atoms with Crippen molar-refractivity contribution in [1.29, 1.82) is 0 Å². The number of nitrogens with zero attached hydrogens (tertiary/aromatic N) is 3. The van der Waals surface area contributed by atoms with Gasteiger partial charge in [0.25, 0.3) is 11.6 Å². The van der Waals surface area contributed by atoms with Crippen molar-refractivity contribution >= 4 is 11.6 Å². The van der Waals surface area contributed by atoms with E-state index in [1.165, 1.54) is 12.3 Å². The maximum Gasteiger partial charge on any atom is 0.438 e. The van der Waals surface area contributed by atoms with E-state index in [0.717, 1.165) is 12.3 Å². The molecule has 5 nitrogen and oxygen atoms in total. The fraction of sp³-hybridized carbons (Fsp3) is 0.364. The molecule has 11 heteroatoms. The van der Waals surface area contributed by atoms with E-state index in [2.05, 4.69) is 10.1 Å². The van der Waals surface area contributed by atoms with Crippen molar-refractivity contribution in [3.05, 3.63) is 30.1 Å². The van der Waals surface area contributed by atoms with Crippen LogP contribution in [-0.2, 0) is 0 Å². The average Bonchev–Trinajstić information content (AvgIpc) is 2.78. The maximum absolute atomic E-state index is 12.9. The second-order valence-corrected chi connectivity index (χ2v) is 4.39. The Balaban J connectivity index is 2.48. The lowest BCUT2D eigenvalue weighted by Gasteiger charge is -2.32. The Bertz CT molecular complexity index is 612. The summed E-state index contributed by atoms with van der Waals surface area (Å²) in [6, 6.07) is 2.23. The van der Waals surface area contributed by atoms with Crippen molar-refractivity contribution in [2.75, 3.05) is 0 Å². The molecule has 0 saturated carbocycles. The largest absolute Gasteiger partial charge is 0.438 e. The SMILES string of the molecule is O=C(c1cccnc1)N1N=C(C(F)(F)F)CC1(O)C(F)(F)F. The van der Waals surface area contributed by atoms with E-state index in [1.807, 2.05) is 0 Å². The second kappa shape index (κ2) is 4.93. The zero-order chi connectivity index (χ0) is 16.8. The lowest BCUT2D eigenvalue weighted by atomic mass is 10.1. The number of aliphatic hydroxyl groups is 1. The van der Waals surface area contributed by atoms with Gasteiger partial charge < -0.3 is 5.11 Å². The summed E-state index contributed by atoms with van der Waals surface area (Å²) in [6.07, 6.45) is -10.6. The molecule has 22 heavy (non-hydrogen) atoms. The first kappa shape index (κ1) is 16.2. The van der Waals surface area contributed by atoms with Gasteiger partial charge in [0.05, 0.1) is 12.0 Å². The van der Waals surface area contributed by atoms with Gasteiger partial charge in [-0.1, -0.05) is 0 Å². The molecule has 0 spiro atoms. The van der Waals surface area contributed by atoms with Gasteiger partial charge in [-0.25, -0.2) is 0 Å². The van der Waals surface area contributed by atoms with Gasteiger partial charge >= 0.3 is 12.4 Å². The molecule has 2 heterocycles. The predicted molar refractivity (Wildman–Crippen MR) is 59.5 cm³/mol. The third kappa shape index (κ3) is 2.63. The van der Waals surface area contributed by atoms with Crippen LogP contribution in [0.25, 0.3) is 0 Å². The summed E-state index contributed by atoms with van der Waals surface area (Å²) >= 11 is 0. The highest BCUT2D eigenvalue weighted by Crippen LogP contribution is 2.43. The molecule has 1 aliphatic rings. The molecule has 1 aliphatic heterocycles. The molecule has 0 aliphatic carbocycles. The van der Waals surface area contributed by atoms with Crippen LogP contribution in [0.3, 0.4) is 0 Å². The molecule has 1 amide bonds. The van der Waals surface area contributed by atoms with Crippen LogP contribution in [-0.4, -0.2) is 44.8 Å². The highest BCUT2D eigenvalue weighted by atomic mass is 19.4. The third-order valence-electron chi connectivity index (χ3n) is 2.87. The molecule has 0 aromatic carbocycles. The van der Waals surface area contributed by atoms with E-state index in [1.54, 1.807) is 0 Å². The fourth-order valence-corrected chi connectivity index (χ4v) is 1.75. The van der Waals surface area contributed by atoms with Crippen molar-refractivity contribution in [1.82, 2.24) is 9.99 Å². The highest BCUT2D eigenvalue weighted by Gasteiger charge is 2.66. The number of hydrazone groups is 1. The van der Waals surface area contributed by atoms with Gasteiger partial charge in [0.1, 0.15) is 5.71 Å². The number of hydrogen-bond acceptors (Lipinski definition) is 4. The van der Waals surface area contributed by atoms with Gasteiger partial charge in [0.15, 0.2) is 0 Å². The number of pyridine rings is 1. The molecule has 120 valence electrons. The number of hydrogen-bond donors (Lipinski definition) is 1. The van der Waals surface area contributed by atoms with Gasteiger partial charge in [-0.15, -0.1) is 0 Å². The van der Waals surface area contributed by atoms with Crippen LogP contribution in [0.5, 0.6) is 0 Å². The first-order valence-electron chi connectivity index (χ1n) is 5.65. The number of alkyl halides is 6. The molecule has 1 N–H and O–H groups in total. The third-order valence-corrected chi connectivity index (χ3v) is 2.87. The number of amides is 1. The van der Waals surface area contributed by atoms with Crippen LogP contribution in [0.2, 0.25) is 0 Å². The van der Waals surface area contributed by atoms with Crippen molar-refractivity contribution in [2.45, 2.75) is 24.5 Å². The van der Waals surface area contributed by atoms with E-state index in [4.69, 9.17) is 0 Å². The summed E-state index contributed by atoms with van der Waals surface area (Å²) in [4.78, 5) is 15.4. The monoisotopic (exact) mass is 327 g/mol. The van der Waals surface area contributed by atoms with Crippen molar-refractivity contribution < 1.29 is 36.2 Å². The molecule has 2 rings (SSSR count). The zero-order valence-electron chi connectivity index (χ0n) is 10.5. The maximum atomic E-state index is 12.9. The number of aromatic nitrogens is 1. The van der Waals surface area contributed by atoms with E-state index >= 15 is 0 Å². The minimum atomic E-state index is -5.53. The minimum absolute atomic E-state index is 0.447. The van der Waals surface area contributed by atoms with Crippen LogP contribution < -0.4 is 0 Å². The first-order chi connectivity index (χ1) is 9.97. The molecule has 0 bridgehead atoms. The topological polar surface area (TPSA) is 65.8 Å². The van der Waals surface area contributed by atoms with E-state index in [-0.39, 0.29) is 0 Å². The summed E-state index contributed by atoms with van der Waals surface area (Å²) in [5.41, 5.74) is -6.41. The predicted octanol–water partition coefficient (Wildman–Crippen LogP) is 2.10.